The Morgan fingerprint density at radius 2 is 2.11 bits per heavy atom. The Balaban J connectivity index is 1.91. The van der Waals surface area contributed by atoms with Crippen molar-refractivity contribution in [3.8, 4) is 0 Å². The summed E-state index contributed by atoms with van der Waals surface area (Å²) in [6, 6.07) is 9.98. The minimum absolute atomic E-state index is 0.0770. The van der Waals surface area contributed by atoms with Gasteiger partial charge in [0, 0.05) is 18.1 Å². The van der Waals surface area contributed by atoms with Gasteiger partial charge < -0.3 is 5.32 Å². The lowest BCUT2D eigenvalue weighted by Crippen LogP contribution is -2.26. The summed E-state index contributed by atoms with van der Waals surface area (Å²) in [5, 5.41) is 4.03. The predicted octanol–water partition coefficient (Wildman–Crippen LogP) is 3.08. The van der Waals surface area contributed by atoms with Crippen LogP contribution in [0.2, 0.25) is 0 Å². The number of carbonyl (C=O) groups is 1. The molecule has 0 saturated carbocycles. The molecule has 1 heterocycles. The minimum Gasteiger partial charge on any atom is -0.356 e. The van der Waals surface area contributed by atoms with E-state index in [4.69, 9.17) is 0 Å². The van der Waals surface area contributed by atoms with Gasteiger partial charge in [-0.25, -0.2) is 0 Å². The molecule has 0 bridgehead atoms. The number of pyridine rings is 1. The molecule has 1 aromatic carbocycles. The van der Waals surface area contributed by atoms with Crippen LogP contribution >= 0.6 is 0 Å². The second kappa shape index (κ2) is 6.88. The van der Waals surface area contributed by atoms with E-state index < -0.39 is 0 Å². The lowest BCUT2D eigenvalue weighted by atomic mass is 10.1. The number of nitrogens with one attached hydrogen (secondary N) is 1. The highest BCUT2D eigenvalue weighted by molar-refractivity contribution is 5.82. The van der Waals surface area contributed by atoms with Crippen molar-refractivity contribution in [2.24, 2.45) is 0 Å². The number of aromatic nitrogens is 1. The van der Waals surface area contributed by atoms with E-state index in [0.29, 0.717) is 6.42 Å². The number of rotatable bonds is 6. The SMILES string of the molecule is CCCCCNC(=O)Cc1cnc2ccccc2c1. The first kappa shape index (κ1) is 13.5. The van der Waals surface area contributed by atoms with Gasteiger partial charge in [-0.05, 0) is 24.1 Å². The summed E-state index contributed by atoms with van der Waals surface area (Å²) in [5.41, 5.74) is 1.93. The highest BCUT2D eigenvalue weighted by atomic mass is 16.1. The van der Waals surface area contributed by atoms with E-state index >= 15 is 0 Å². The molecule has 0 aliphatic carbocycles. The van der Waals surface area contributed by atoms with E-state index in [1.54, 1.807) is 6.20 Å². The van der Waals surface area contributed by atoms with Crippen molar-refractivity contribution in [1.82, 2.24) is 10.3 Å². The Morgan fingerprint density at radius 1 is 1.26 bits per heavy atom. The maximum Gasteiger partial charge on any atom is 0.224 e. The molecule has 3 nitrogen and oxygen atoms in total. The first-order valence-corrected chi connectivity index (χ1v) is 6.90. The molecule has 0 fully saturated rings. The number of unbranched alkanes of at least 4 members (excludes halogenated alkanes) is 2. The molecule has 0 aliphatic rings. The quantitative estimate of drug-likeness (QED) is 0.807. The van der Waals surface area contributed by atoms with Gasteiger partial charge in [-0.3, -0.25) is 9.78 Å². The van der Waals surface area contributed by atoms with Gasteiger partial charge in [0.05, 0.1) is 11.9 Å². The summed E-state index contributed by atoms with van der Waals surface area (Å²) in [5.74, 6) is 0.0770. The van der Waals surface area contributed by atoms with Crippen molar-refractivity contribution < 1.29 is 4.79 Å². The molecule has 100 valence electrons. The minimum atomic E-state index is 0.0770. The van der Waals surface area contributed by atoms with Crippen LogP contribution in [-0.4, -0.2) is 17.4 Å². The van der Waals surface area contributed by atoms with Gasteiger partial charge >= 0.3 is 0 Å². The molecule has 3 heteroatoms. The van der Waals surface area contributed by atoms with Crippen molar-refractivity contribution >= 4 is 16.8 Å². The molecule has 19 heavy (non-hydrogen) atoms. The average Bonchev–Trinajstić information content (AvgIpc) is 2.43. The second-order valence-corrected chi connectivity index (χ2v) is 4.77. The van der Waals surface area contributed by atoms with Gasteiger partial charge in [0.1, 0.15) is 0 Å². The predicted molar refractivity (Wildman–Crippen MR) is 78.0 cm³/mol. The van der Waals surface area contributed by atoms with Crippen molar-refractivity contribution in [3.63, 3.8) is 0 Å². The van der Waals surface area contributed by atoms with Crippen LogP contribution in [0.4, 0.5) is 0 Å². The summed E-state index contributed by atoms with van der Waals surface area (Å²) >= 11 is 0. The topological polar surface area (TPSA) is 42.0 Å². The number of benzene rings is 1. The third kappa shape index (κ3) is 4.05. The van der Waals surface area contributed by atoms with E-state index in [2.05, 4.69) is 17.2 Å². The fourth-order valence-electron chi connectivity index (χ4n) is 2.06. The van der Waals surface area contributed by atoms with Crippen LogP contribution < -0.4 is 5.32 Å². The lowest BCUT2D eigenvalue weighted by Gasteiger charge is -2.05. The molecule has 2 aromatic rings. The van der Waals surface area contributed by atoms with Crippen LogP contribution in [0.5, 0.6) is 0 Å². The van der Waals surface area contributed by atoms with E-state index in [9.17, 15) is 4.79 Å². The van der Waals surface area contributed by atoms with Crippen molar-refractivity contribution in [3.05, 3.63) is 42.1 Å². The number of hydrogen-bond donors (Lipinski definition) is 1. The molecular formula is C16H20N2O. The number of para-hydroxylation sites is 1. The molecule has 0 radical (unpaired) electrons. The molecule has 1 amide bonds. The zero-order valence-electron chi connectivity index (χ0n) is 11.4. The number of fused-ring (bicyclic) bond motifs is 1. The van der Waals surface area contributed by atoms with Crippen LogP contribution in [0.25, 0.3) is 10.9 Å². The Bertz CT molecular complexity index is 551. The Hall–Kier alpha value is -1.90. The first-order chi connectivity index (χ1) is 9.29. The fraction of sp³-hybridized carbons (Fsp3) is 0.375. The van der Waals surface area contributed by atoms with Crippen LogP contribution in [0, 0.1) is 0 Å². The molecule has 1 aromatic heterocycles. The Morgan fingerprint density at radius 3 is 2.95 bits per heavy atom. The molecule has 0 atom stereocenters. The third-order valence-corrected chi connectivity index (χ3v) is 3.11. The summed E-state index contributed by atoms with van der Waals surface area (Å²) in [6.07, 6.45) is 5.58. The standard InChI is InChI=1S/C16H20N2O/c1-2-3-6-9-17-16(19)11-13-10-14-7-4-5-8-15(14)18-12-13/h4-5,7-8,10,12H,2-3,6,9,11H2,1H3,(H,17,19). The molecule has 1 N–H and O–H groups in total. The van der Waals surface area contributed by atoms with Gasteiger partial charge in [-0.15, -0.1) is 0 Å². The van der Waals surface area contributed by atoms with E-state index in [0.717, 1.165) is 35.9 Å². The number of carbonyl (C=O) groups excluding carboxylic acids is 1. The largest absolute Gasteiger partial charge is 0.356 e. The maximum absolute atomic E-state index is 11.8. The van der Waals surface area contributed by atoms with Gasteiger partial charge in [0.2, 0.25) is 5.91 Å². The van der Waals surface area contributed by atoms with Crippen molar-refractivity contribution in [1.29, 1.82) is 0 Å². The van der Waals surface area contributed by atoms with Gasteiger partial charge in [-0.1, -0.05) is 38.0 Å². The Labute approximate surface area is 114 Å². The molecular weight excluding hydrogens is 236 g/mol. The zero-order chi connectivity index (χ0) is 13.5. The molecule has 2 rings (SSSR count). The maximum atomic E-state index is 11.8. The van der Waals surface area contributed by atoms with Crippen LogP contribution in [-0.2, 0) is 11.2 Å². The fourth-order valence-corrected chi connectivity index (χ4v) is 2.06. The Kier molecular flexibility index (Phi) is 4.90. The molecule has 0 aliphatic heterocycles. The lowest BCUT2D eigenvalue weighted by molar-refractivity contribution is -0.120. The first-order valence-electron chi connectivity index (χ1n) is 6.90. The second-order valence-electron chi connectivity index (χ2n) is 4.77. The monoisotopic (exact) mass is 256 g/mol. The van der Waals surface area contributed by atoms with Gasteiger partial charge in [0.25, 0.3) is 0 Å². The van der Waals surface area contributed by atoms with Gasteiger partial charge in [0.15, 0.2) is 0 Å². The molecule has 0 saturated heterocycles. The summed E-state index contributed by atoms with van der Waals surface area (Å²) in [4.78, 5) is 16.1. The summed E-state index contributed by atoms with van der Waals surface area (Å²) in [6.45, 7) is 2.93. The van der Waals surface area contributed by atoms with Crippen LogP contribution in [0.15, 0.2) is 36.5 Å². The van der Waals surface area contributed by atoms with Gasteiger partial charge in [-0.2, -0.15) is 0 Å². The number of amides is 1. The van der Waals surface area contributed by atoms with E-state index in [-0.39, 0.29) is 5.91 Å². The third-order valence-electron chi connectivity index (χ3n) is 3.11. The number of nitrogens with zero attached hydrogens (tertiary/aromatic N) is 1. The highest BCUT2D eigenvalue weighted by Gasteiger charge is 2.04. The molecule has 0 unspecified atom stereocenters. The highest BCUT2D eigenvalue weighted by Crippen LogP contribution is 2.12. The van der Waals surface area contributed by atoms with E-state index in [1.165, 1.54) is 6.42 Å². The van der Waals surface area contributed by atoms with E-state index in [1.807, 2.05) is 30.3 Å². The molecule has 0 spiro atoms. The van der Waals surface area contributed by atoms with Crippen LogP contribution in [0.1, 0.15) is 31.7 Å². The van der Waals surface area contributed by atoms with Crippen molar-refractivity contribution in [2.45, 2.75) is 32.6 Å². The summed E-state index contributed by atoms with van der Waals surface area (Å²) in [7, 11) is 0. The average molecular weight is 256 g/mol. The van der Waals surface area contributed by atoms with Crippen LogP contribution in [0.3, 0.4) is 0 Å². The van der Waals surface area contributed by atoms with Crippen molar-refractivity contribution in [2.75, 3.05) is 6.54 Å². The number of hydrogen-bond acceptors (Lipinski definition) is 2. The summed E-state index contributed by atoms with van der Waals surface area (Å²) < 4.78 is 0. The zero-order valence-corrected chi connectivity index (χ0v) is 11.4. The normalized spacial score (nSPS) is 10.6. The smallest absolute Gasteiger partial charge is 0.224 e.